The van der Waals surface area contributed by atoms with Gasteiger partial charge < -0.3 is 14.8 Å². The van der Waals surface area contributed by atoms with Gasteiger partial charge in [0.1, 0.15) is 11.5 Å². The van der Waals surface area contributed by atoms with E-state index in [1.807, 2.05) is 19.1 Å². The van der Waals surface area contributed by atoms with E-state index in [1.54, 1.807) is 43.5 Å². The summed E-state index contributed by atoms with van der Waals surface area (Å²) in [5.41, 5.74) is 1.65. The lowest BCUT2D eigenvalue weighted by atomic mass is 10.1. The molecule has 7 nitrogen and oxygen atoms in total. The van der Waals surface area contributed by atoms with Crippen molar-refractivity contribution >= 4 is 11.7 Å². The molecule has 3 rings (SSSR count). The topological polar surface area (TPSA) is 86.5 Å². The van der Waals surface area contributed by atoms with Crippen molar-refractivity contribution in [1.82, 2.24) is 10.3 Å². The van der Waals surface area contributed by atoms with Crippen molar-refractivity contribution in [2.24, 2.45) is 0 Å². The van der Waals surface area contributed by atoms with E-state index in [1.165, 1.54) is 0 Å². The average molecular weight is 339 g/mol. The number of hydrogen-bond acceptors (Lipinski definition) is 6. The molecule has 0 aliphatic rings. The van der Waals surface area contributed by atoms with Crippen LogP contribution < -0.4 is 14.8 Å². The normalized spacial score (nSPS) is 10.3. The third kappa shape index (κ3) is 3.77. The molecule has 0 aliphatic carbocycles. The first-order chi connectivity index (χ1) is 12.2. The lowest BCUT2D eigenvalue weighted by Crippen LogP contribution is -2.13. The van der Waals surface area contributed by atoms with E-state index in [9.17, 15) is 4.79 Å². The highest BCUT2D eigenvalue weighted by Gasteiger charge is 2.16. The van der Waals surface area contributed by atoms with Crippen LogP contribution in [0.3, 0.4) is 0 Å². The molecule has 0 atom stereocenters. The van der Waals surface area contributed by atoms with Crippen molar-refractivity contribution < 1.29 is 18.9 Å². The first kappa shape index (κ1) is 16.5. The second kappa shape index (κ2) is 7.48. The van der Waals surface area contributed by atoms with Gasteiger partial charge in [-0.15, -0.1) is 0 Å². The van der Waals surface area contributed by atoms with Gasteiger partial charge in [-0.1, -0.05) is 6.07 Å². The van der Waals surface area contributed by atoms with Crippen molar-refractivity contribution in [1.29, 1.82) is 0 Å². The molecular formula is C18H17N3O4. The minimum atomic E-state index is -0.327. The summed E-state index contributed by atoms with van der Waals surface area (Å²) < 4.78 is 15.3. The zero-order valence-electron chi connectivity index (χ0n) is 13.9. The standard InChI is InChI=1S/C18H17N3O4/c1-3-24-15-6-4-5-13(11-15)18(22)19-17-16(20-25-21-17)12-7-9-14(23-2)10-8-12/h4-11H,3H2,1-2H3,(H,19,21,22). The molecule has 0 radical (unpaired) electrons. The third-order valence-corrected chi connectivity index (χ3v) is 3.49. The monoisotopic (exact) mass is 339 g/mol. The summed E-state index contributed by atoms with van der Waals surface area (Å²) in [6.07, 6.45) is 0. The Morgan fingerprint density at radius 3 is 2.64 bits per heavy atom. The molecule has 128 valence electrons. The van der Waals surface area contributed by atoms with Gasteiger partial charge in [-0.05, 0) is 59.7 Å². The summed E-state index contributed by atoms with van der Waals surface area (Å²) in [7, 11) is 1.59. The summed E-state index contributed by atoms with van der Waals surface area (Å²) in [5, 5.41) is 10.4. The second-order valence-electron chi connectivity index (χ2n) is 5.10. The minimum Gasteiger partial charge on any atom is -0.497 e. The fourth-order valence-corrected chi connectivity index (χ4v) is 2.28. The van der Waals surface area contributed by atoms with Crippen molar-refractivity contribution in [3.05, 3.63) is 54.1 Å². The molecule has 0 bridgehead atoms. The smallest absolute Gasteiger partial charge is 0.257 e. The van der Waals surface area contributed by atoms with Crippen LogP contribution in [0, 0.1) is 0 Å². The number of aromatic nitrogens is 2. The van der Waals surface area contributed by atoms with Crippen molar-refractivity contribution in [2.45, 2.75) is 6.92 Å². The molecular weight excluding hydrogens is 322 g/mol. The molecule has 0 aliphatic heterocycles. The molecule has 1 heterocycles. The van der Waals surface area contributed by atoms with Gasteiger partial charge in [-0.25, -0.2) is 4.63 Å². The molecule has 0 fully saturated rings. The lowest BCUT2D eigenvalue weighted by molar-refractivity contribution is 0.102. The summed E-state index contributed by atoms with van der Waals surface area (Å²) in [6.45, 7) is 2.41. The number of amides is 1. The van der Waals surface area contributed by atoms with Gasteiger partial charge in [0, 0.05) is 11.1 Å². The Bertz CT molecular complexity index is 859. The Balaban J connectivity index is 1.80. The Kier molecular flexibility index (Phi) is 4.94. The van der Waals surface area contributed by atoms with E-state index in [-0.39, 0.29) is 11.7 Å². The first-order valence-corrected chi connectivity index (χ1v) is 7.72. The van der Waals surface area contributed by atoms with Gasteiger partial charge in [0.05, 0.1) is 13.7 Å². The Morgan fingerprint density at radius 2 is 1.92 bits per heavy atom. The van der Waals surface area contributed by atoms with Crippen molar-refractivity contribution in [3.63, 3.8) is 0 Å². The predicted molar refractivity (Wildman–Crippen MR) is 91.9 cm³/mol. The molecule has 2 aromatic carbocycles. The molecule has 0 saturated carbocycles. The number of anilines is 1. The van der Waals surface area contributed by atoms with E-state index < -0.39 is 0 Å². The van der Waals surface area contributed by atoms with Gasteiger partial charge in [0.15, 0.2) is 5.69 Å². The maximum Gasteiger partial charge on any atom is 0.257 e. The number of ether oxygens (including phenoxy) is 2. The Morgan fingerprint density at radius 1 is 1.12 bits per heavy atom. The molecule has 1 aromatic heterocycles. The second-order valence-corrected chi connectivity index (χ2v) is 5.10. The van der Waals surface area contributed by atoms with E-state index in [0.717, 1.165) is 11.3 Å². The minimum absolute atomic E-state index is 0.247. The van der Waals surface area contributed by atoms with Gasteiger partial charge in [0.25, 0.3) is 5.91 Å². The summed E-state index contributed by atoms with van der Waals surface area (Å²) in [6, 6.07) is 14.1. The zero-order chi connectivity index (χ0) is 17.6. The van der Waals surface area contributed by atoms with Crippen LogP contribution in [0.15, 0.2) is 53.2 Å². The SMILES string of the molecule is CCOc1cccc(C(=O)Nc2nonc2-c2ccc(OC)cc2)c1. The Labute approximate surface area is 144 Å². The number of nitrogens with one attached hydrogen (secondary N) is 1. The molecule has 1 amide bonds. The quantitative estimate of drug-likeness (QED) is 0.741. The number of rotatable bonds is 6. The first-order valence-electron chi connectivity index (χ1n) is 7.72. The highest BCUT2D eigenvalue weighted by atomic mass is 16.6. The number of carbonyl (C=O) groups excluding carboxylic acids is 1. The third-order valence-electron chi connectivity index (χ3n) is 3.49. The van der Waals surface area contributed by atoms with Gasteiger partial charge in [-0.3, -0.25) is 4.79 Å². The maximum atomic E-state index is 12.5. The van der Waals surface area contributed by atoms with Crippen molar-refractivity contribution in [2.75, 3.05) is 19.0 Å². The summed E-state index contributed by atoms with van der Waals surface area (Å²) >= 11 is 0. The Hall–Kier alpha value is -3.35. The predicted octanol–water partition coefficient (Wildman–Crippen LogP) is 3.40. The van der Waals surface area contributed by atoms with E-state index in [0.29, 0.717) is 23.6 Å². The van der Waals surface area contributed by atoms with E-state index in [2.05, 4.69) is 15.6 Å². The van der Waals surface area contributed by atoms with Gasteiger partial charge in [-0.2, -0.15) is 0 Å². The van der Waals surface area contributed by atoms with Crippen LogP contribution in [-0.4, -0.2) is 29.9 Å². The van der Waals surface area contributed by atoms with Crippen LogP contribution >= 0.6 is 0 Å². The average Bonchev–Trinajstić information content (AvgIpc) is 3.10. The number of benzene rings is 2. The highest BCUT2D eigenvalue weighted by molar-refractivity contribution is 6.05. The number of carbonyl (C=O) groups is 1. The van der Waals surface area contributed by atoms with Crippen LogP contribution in [0.25, 0.3) is 11.3 Å². The van der Waals surface area contributed by atoms with Gasteiger partial charge >= 0.3 is 0 Å². The van der Waals surface area contributed by atoms with E-state index in [4.69, 9.17) is 14.1 Å². The number of hydrogen-bond donors (Lipinski definition) is 1. The van der Waals surface area contributed by atoms with Gasteiger partial charge in [0.2, 0.25) is 5.82 Å². The molecule has 3 aromatic rings. The fourth-order valence-electron chi connectivity index (χ4n) is 2.28. The molecule has 7 heteroatoms. The zero-order valence-corrected chi connectivity index (χ0v) is 13.9. The summed E-state index contributed by atoms with van der Waals surface area (Å²) in [4.78, 5) is 12.5. The van der Waals surface area contributed by atoms with Crippen LogP contribution in [0.1, 0.15) is 17.3 Å². The molecule has 25 heavy (non-hydrogen) atoms. The molecule has 0 saturated heterocycles. The highest BCUT2D eigenvalue weighted by Crippen LogP contribution is 2.26. The molecule has 1 N–H and O–H groups in total. The van der Waals surface area contributed by atoms with Crippen LogP contribution in [0.4, 0.5) is 5.82 Å². The number of methoxy groups -OCH3 is 1. The summed E-state index contributed by atoms with van der Waals surface area (Å²) in [5.74, 6) is 1.27. The van der Waals surface area contributed by atoms with Crippen LogP contribution in [0.5, 0.6) is 11.5 Å². The fraction of sp³-hybridized carbons (Fsp3) is 0.167. The number of nitrogens with zero attached hydrogens (tertiary/aromatic N) is 2. The van der Waals surface area contributed by atoms with Crippen LogP contribution in [-0.2, 0) is 0 Å². The van der Waals surface area contributed by atoms with Crippen molar-refractivity contribution in [3.8, 4) is 22.8 Å². The van der Waals surface area contributed by atoms with Crippen LogP contribution in [0.2, 0.25) is 0 Å². The largest absolute Gasteiger partial charge is 0.497 e. The maximum absolute atomic E-state index is 12.5. The van der Waals surface area contributed by atoms with E-state index >= 15 is 0 Å². The molecule has 0 unspecified atom stereocenters. The lowest BCUT2D eigenvalue weighted by Gasteiger charge is -2.06. The molecule has 0 spiro atoms.